The lowest BCUT2D eigenvalue weighted by Crippen LogP contribution is -2.50. The van der Waals surface area contributed by atoms with E-state index in [0.717, 1.165) is 38.2 Å². The first-order valence-corrected chi connectivity index (χ1v) is 14.8. The van der Waals surface area contributed by atoms with E-state index in [2.05, 4.69) is 33.0 Å². The number of halogens is 3. The predicted octanol–water partition coefficient (Wildman–Crippen LogP) is 6.72. The first-order chi connectivity index (χ1) is 18.5. The first kappa shape index (κ1) is 37.4. The molecule has 9 heteroatoms. The highest BCUT2D eigenvalue weighted by Gasteiger charge is 2.37. The van der Waals surface area contributed by atoms with Crippen molar-refractivity contribution < 1.29 is 27.4 Å². The van der Waals surface area contributed by atoms with Gasteiger partial charge in [-0.15, -0.1) is 0 Å². The summed E-state index contributed by atoms with van der Waals surface area (Å²) in [6.07, 6.45) is 4.66. The van der Waals surface area contributed by atoms with Crippen LogP contribution in [0.1, 0.15) is 93.4 Å². The normalized spacial score (nSPS) is 22.0. The second-order valence-corrected chi connectivity index (χ2v) is 10.1. The average Bonchev–Trinajstić information content (AvgIpc) is 3.13. The summed E-state index contributed by atoms with van der Waals surface area (Å²) >= 11 is 0. The Morgan fingerprint density at radius 1 is 1.21 bits per heavy atom. The maximum atomic E-state index is 12.8. The predicted molar refractivity (Wildman–Crippen MR) is 155 cm³/mol. The molecule has 39 heavy (non-hydrogen) atoms. The molecule has 230 valence electrons. The third-order valence-electron chi connectivity index (χ3n) is 6.79. The SMILES string of the molecule is CC.CC(=O)N1CCCC2=C(C=C(C(F)(F)F)CN2C)C1.CCC.CCCC(CC)NC1CCOCC1OC. The highest BCUT2D eigenvalue weighted by Crippen LogP contribution is 2.34. The van der Waals surface area contributed by atoms with Gasteiger partial charge in [0.25, 0.3) is 0 Å². The van der Waals surface area contributed by atoms with Crippen molar-refractivity contribution in [1.29, 1.82) is 0 Å². The summed E-state index contributed by atoms with van der Waals surface area (Å²) in [7, 11) is 3.45. The van der Waals surface area contributed by atoms with Gasteiger partial charge in [0.1, 0.15) is 0 Å². The van der Waals surface area contributed by atoms with Crippen molar-refractivity contribution in [1.82, 2.24) is 15.1 Å². The van der Waals surface area contributed by atoms with E-state index in [1.807, 2.05) is 13.8 Å². The zero-order valence-corrected chi connectivity index (χ0v) is 26.0. The van der Waals surface area contributed by atoms with Crippen molar-refractivity contribution in [3.05, 3.63) is 22.9 Å². The lowest BCUT2D eigenvalue weighted by Gasteiger charge is -2.34. The van der Waals surface area contributed by atoms with Gasteiger partial charge in [-0.25, -0.2) is 0 Å². The quantitative estimate of drug-likeness (QED) is 0.389. The van der Waals surface area contributed by atoms with E-state index in [-0.39, 0.29) is 25.1 Å². The number of nitrogens with one attached hydrogen (secondary N) is 1. The fourth-order valence-corrected chi connectivity index (χ4v) is 4.78. The van der Waals surface area contributed by atoms with E-state index >= 15 is 0 Å². The molecule has 0 aromatic heterocycles. The van der Waals surface area contributed by atoms with Gasteiger partial charge in [0, 0.05) is 65.1 Å². The Hall–Kier alpha value is -1.58. The second-order valence-electron chi connectivity index (χ2n) is 10.1. The van der Waals surface area contributed by atoms with Gasteiger partial charge in [-0.3, -0.25) is 4.79 Å². The molecule has 0 saturated carbocycles. The van der Waals surface area contributed by atoms with E-state index in [1.165, 1.54) is 38.7 Å². The molecule has 6 nitrogen and oxygen atoms in total. The van der Waals surface area contributed by atoms with Crippen LogP contribution in [0.2, 0.25) is 0 Å². The third kappa shape index (κ3) is 13.6. The topological polar surface area (TPSA) is 54.0 Å². The standard InChI is InChI=1S/C13H17F3N2O.C12H25NO2.C3H8.C2H6/c1-9(19)18-5-3-4-12-10(7-18)6-11(8-17(12)2)13(14,15)16;1-4-6-10(5-2)13-11-7-8-15-9-12(11)14-3;1-3-2;1-2/h6H,3-5,7-8H2,1-2H3;10-13H,4-9H2,1-3H3;3H2,1-2H3;1-2H3. The summed E-state index contributed by atoms with van der Waals surface area (Å²) in [5.74, 6) is -0.0936. The highest BCUT2D eigenvalue weighted by molar-refractivity contribution is 5.73. The number of nitrogens with zero attached hydrogens (tertiary/aromatic N) is 2. The molecule has 3 atom stereocenters. The average molecular weight is 564 g/mol. The van der Waals surface area contributed by atoms with Crippen LogP contribution in [-0.2, 0) is 14.3 Å². The van der Waals surface area contributed by atoms with Crippen LogP contribution in [-0.4, -0.2) is 87.1 Å². The van der Waals surface area contributed by atoms with Crippen molar-refractivity contribution in [2.24, 2.45) is 0 Å². The van der Waals surface area contributed by atoms with Gasteiger partial charge < -0.3 is 24.6 Å². The summed E-state index contributed by atoms with van der Waals surface area (Å²) in [6, 6.07) is 1.11. The zero-order valence-electron chi connectivity index (χ0n) is 26.0. The Morgan fingerprint density at radius 2 is 1.85 bits per heavy atom. The fourth-order valence-electron chi connectivity index (χ4n) is 4.78. The number of likely N-dealkylation sites (N-methyl/N-ethyl adjacent to an activating group) is 1. The van der Waals surface area contributed by atoms with Gasteiger partial charge in [-0.05, 0) is 43.8 Å². The number of allylic oxidation sites excluding steroid dienone is 1. The smallest absolute Gasteiger partial charge is 0.379 e. The van der Waals surface area contributed by atoms with Crippen LogP contribution in [0.15, 0.2) is 22.9 Å². The molecule has 0 bridgehead atoms. The molecule has 0 aromatic carbocycles. The van der Waals surface area contributed by atoms with Crippen LogP contribution in [0, 0.1) is 0 Å². The van der Waals surface area contributed by atoms with E-state index in [0.29, 0.717) is 24.2 Å². The van der Waals surface area contributed by atoms with Gasteiger partial charge >= 0.3 is 6.18 Å². The van der Waals surface area contributed by atoms with Crippen LogP contribution in [0.3, 0.4) is 0 Å². The van der Waals surface area contributed by atoms with Gasteiger partial charge in [-0.2, -0.15) is 13.2 Å². The molecule has 3 aliphatic heterocycles. The zero-order chi connectivity index (χ0) is 30.0. The Labute approximate surface area is 236 Å². The Kier molecular flexibility index (Phi) is 19.5. The number of carbonyl (C=O) groups excluding carboxylic acids is 1. The molecule has 0 spiro atoms. The summed E-state index contributed by atoms with van der Waals surface area (Å²) in [6.45, 7) is 16.5. The van der Waals surface area contributed by atoms with Crippen molar-refractivity contribution in [3.63, 3.8) is 0 Å². The maximum Gasteiger partial charge on any atom is 0.414 e. The highest BCUT2D eigenvalue weighted by atomic mass is 19.4. The van der Waals surface area contributed by atoms with Gasteiger partial charge in [0.15, 0.2) is 0 Å². The number of methoxy groups -OCH3 is 1. The van der Waals surface area contributed by atoms with Crippen molar-refractivity contribution in [3.8, 4) is 0 Å². The largest absolute Gasteiger partial charge is 0.414 e. The Bertz CT molecular complexity index is 741. The molecule has 3 heterocycles. The molecular weight excluding hydrogens is 507 g/mol. The minimum atomic E-state index is -4.31. The second kappa shape index (κ2) is 20.3. The molecule has 3 unspecified atom stereocenters. The molecule has 0 aromatic rings. The Morgan fingerprint density at radius 3 is 2.36 bits per heavy atom. The molecular formula is C30H56F3N3O3. The summed E-state index contributed by atoms with van der Waals surface area (Å²) < 4.78 is 49.4. The number of carbonyl (C=O) groups is 1. The maximum absolute atomic E-state index is 12.8. The van der Waals surface area contributed by atoms with Crippen LogP contribution in [0.25, 0.3) is 0 Å². The molecule has 0 radical (unpaired) electrons. The number of hydrogen-bond donors (Lipinski definition) is 1. The van der Waals surface area contributed by atoms with Crippen LogP contribution < -0.4 is 5.32 Å². The number of hydrogen-bond acceptors (Lipinski definition) is 5. The van der Waals surface area contributed by atoms with E-state index < -0.39 is 11.7 Å². The number of rotatable bonds is 6. The Balaban J connectivity index is 0.000000649. The third-order valence-corrected chi connectivity index (χ3v) is 6.79. The molecule has 0 aliphatic carbocycles. The molecule has 3 aliphatic rings. The minimum absolute atomic E-state index is 0.0936. The van der Waals surface area contributed by atoms with Crippen LogP contribution in [0.4, 0.5) is 13.2 Å². The molecule has 1 amide bonds. The molecule has 1 N–H and O–H groups in total. The van der Waals surface area contributed by atoms with Gasteiger partial charge in [0.05, 0.1) is 18.3 Å². The van der Waals surface area contributed by atoms with E-state index in [9.17, 15) is 18.0 Å². The van der Waals surface area contributed by atoms with Crippen LogP contribution >= 0.6 is 0 Å². The lowest BCUT2D eigenvalue weighted by molar-refractivity contribution is -0.128. The molecule has 3 rings (SSSR count). The number of amides is 1. The summed E-state index contributed by atoms with van der Waals surface area (Å²) in [4.78, 5) is 14.7. The summed E-state index contributed by atoms with van der Waals surface area (Å²) in [5.41, 5.74) is 1.00. The molecule has 1 saturated heterocycles. The van der Waals surface area contributed by atoms with E-state index in [4.69, 9.17) is 9.47 Å². The summed E-state index contributed by atoms with van der Waals surface area (Å²) in [5, 5.41) is 3.70. The fraction of sp³-hybridized carbons (Fsp3) is 0.833. The minimum Gasteiger partial charge on any atom is -0.379 e. The van der Waals surface area contributed by atoms with Crippen molar-refractivity contribution >= 4 is 5.91 Å². The molecule has 1 fully saturated rings. The van der Waals surface area contributed by atoms with Crippen molar-refractivity contribution in [2.45, 2.75) is 118 Å². The van der Waals surface area contributed by atoms with E-state index in [1.54, 1.807) is 24.0 Å². The van der Waals surface area contributed by atoms with Crippen LogP contribution in [0.5, 0.6) is 0 Å². The van der Waals surface area contributed by atoms with Crippen molar-refractivity contribution in [2.75, 3.05) is 47.0 Å². The monoisotopic (exact) mass is 563 g/mol. The number of alkyl halides is 3. The van der Waals surface area contributed by atoms with Gasteiger partial charge in [-0.1, -0.05) is 54.4 Å². The lowest BCUT2D eigenvalue weighted by atomic mass is 10.0. The number of ether oxygens (including phenoxy) is 2. The van der Waals surface area contributed by atoms with Gasteiger partial charge in [0.2, 0.25) is 5.91 Å². The first-order valence-electron chi connectivity index (χ1n) is 14.8.